The van der Waals surface area contributed by atoms with Gasteiger partial charge in [0.05, 0.1) is 0 Å². The first-order valence-electron chi connectivity index (χ1n) is 8.38. The molecule has 0 spiro atoms. The molecule has 0 aromatic heterocycles. The van der Waals surface area contributed by atoms with Gasteiger partial charge in [0, 0.05) is 10.4 Å². The summed E-state index contributed by atoms with van der Waals surface area (Å²) >= 11 is 3.53. The van der Waals surface area contributed by atoms with Crippen molar-refractivity contribution in [2.24, 2.45) is 0 Å². The van der Waals surface area contributed by atoms with Gasteiger partial charge in [0.2, 0.25) is 0 Å². The van der Waals surface area contributed by atoms with Gasteiger partial charge in [-0.25, -0.2) is 0 Å². The monoisotopic (exact) mass is 374 g/mol. The van der Waals surface area contributed by atoms with Crippen LogP contribution in [0.4, 0.5) is 0 Å². The highest BCUT2D eigenvalue weighted by molar-refractivity contribution is 9.10. The van der Waals surface area contributed by atoms with E-state index in [9.17, 15) is 0 Å². The van der Waals surface area contributed by atoms with Crippen molar-refractivity contribution in [3.63, 3.8) is 0 Å². The lowest BCUT2D eigenvalue weighted by molar-refractivity contribution is 0.668. The molecule has 3 aromatic carbocycles. The predicted molar refractivity (Wildman–Crippen MR) is 105 cm³/mol. The zero-order valence-corrected chi connectivity index (χ0v) is 15.0. The van der Waals surface area contributed by atoms with Gasteiger partial charge in [-0.2, -0.15) is 0 Å². The molecule has 1 aliphatic rings. The topological polar surface area (TPSA) is 0 Å². The number of halogens is 1. The van der Waals surface area contributed by atoms with E-state index in [1.807, 2.05) is 0 Å². The van der Waals surface area contributed by atoms with E-state index in [4.69, 9.17) is 0 Å². The highest BCUT2D eigenvalue weighted by atomic mass is 79.9. The zero-order valence-electron chi connectivity index (χ0n) is 13.4. The Morgan fingerprint density at radius 3 is 1.88 bits per heavy atom. The average molecular weight is 375 g/mol. The lowest BCUT2D eigenvalue weighted by Crippen LogP contribution is -2.04. The average Bonchev–Trinajstić information content (AvgIpc) is 3.09. The summed E-state index contributed by atoms with van der Waals surface area (Å²) in [5.74, 6) is 0.944. The van der Waals surface area contributed by atoms with Crippen LogP contribution >= 0.6 is 15.9 Å². The van der Waals surface area contributed by atoms with Crippen LogP contribution in [0.2, 0.25) is 0 Å². The molecule has 1 aliphatic carbocycles. The lowest BCUT2D eigenvalue weighted by atomic mass is 9.83. The predicted octanol–water partition coefficient (Wildman–Crippen LogP) is 6.80. The van der Waals surface area contributed by atoms with Crippen molar-refractivity contribution >= 4 is 21.5 Å². The number of benzene rings is 3. The minimum absolute atomic E-state index is 0.437. The van der Waals surface area contributed by atoms with E-state index in [0.717, 1.165) is 10.9 Å². The fourth-order valence-electron chi connectivity index (χ4n) is 3.67. The second-order valence-electron chi connectivity index (χ2n) is 6.36. The molecule has 0 fully saturated rings. The van der Waals surface area contributed by atoms with Crippen LogP contribution < -0.4 is 0 Å². The molecule has 0 aliphatic heterocycles. The Labute approximate surface area is 152 Å². The summed E-state index contributed by atoms with van der Waals surface area (Å²) in [7, 11) is 0. The molecule has 2 atom stereocenters. The Hall–Kier alpha value is -2.12. The highest BCUT2D eigenvalue weighted by Gasteiger charge is 2.30. The molecule has 0 saturated heterocycles. The molecular weight excluding hydrogens is 356 g/mol. The Morgan fingerprint density at radius 2 is 1.25 bits per heavy atom. The summed E-state index contributed by atoms with van der Waals surface area (Å²) in [6.07, 6.45) is 3.56. The first-order chi connectivity index (χ1) is 11.8. The van der Waals surface area contributed by atoms with Crippen LogP contribution in [0.3, 0.4) is 0 Å². The summed E-state index contributed by atoms with van der Waals surface area (Å²) in [6, 6.07) is 30.5. The van der Waals surface area contributed by atoms with Crippen LogP contribution in [0.15, 0.2) is 95.5 Å². The van der Waals surface area contributed by atoms with Crippen LogP contribution in [-0.2, 0) is 0 Å². The molecule has 0 nitrogen and oxygen atoms in total. The Kier molecular flexibility index (Phi) is 4.36. The largest absolute Gasteiger partial charge is 0.0725 e. The third-order valence-electron chi connectivity index (χ3n) is 4.88. The molecule has 118 valence electrons. The van der Waals surface area contributed by atoms with Crippen LogP contribution in [0, 0.1) is 0 Å². The fourth-order valence-corrected chi connectivity index (χ4v) is 3.94. The van der Waals surface area contributed by atoms with E-state index in [1.165, 1.54) is 22.3 Å². The smallest absolute Gasteiger partial charge is 0.0175 e. The van der Waals surface area contributed by atoms with Gasteiger partial charge in [-0.3, -0.25) is 0 Å². The lowest BCUT2D eigenvalue weighted by Gasteiger charge is -2.20. The molecule has 0 bridgehead atoms. The van der Waals surface area contributed by atoms with Crippen LogP contribution in [0.5, 0.6) is 0 Å². The number of allylic oxidation sites excluding steroid dienone is 2. The summed E-state index contributed by atoms with van der Waals surface area (Å²) in [4.78, 5) is 0. The highest BCUT2D eigenvalue weighted by Crippen LogP contribution is 2.47. The third kappa shape index (κ3) is 3.09. The van der Waals surface area contributed by atoms with Gasteiger partial charge in [0.1, 0.15) is 0 Å². The molecule has 1 heteroatoms. The van der Waals surface area contributed by atoms with Crippen LogP contribution in [-0.4, -0.2) is 0 Å². The summed E-state index contributed by atoms with van der Waals surface area (Å²) in [5, 5.41) is 0. The summed E-state index contributed by atoms with van der Waals surface area (Å²) in [6.45, 7) is 0. The van der Waals surface area contributed by atoms with Crippen molar-refractivity contribution in [3.8, 4) is 0 Å². The van der Waals surface area contributed by atoms with E-state index < -0.39 is 0 Å². The fraction of sp³-hybridized carbons (Fsp3) is 0.130. The van der Waals surface area contributed by atoms with Crippen molar-refractivity contribution in [2.45, 2.75) is 18.3 Å². The molecule has 0 saturated carbocycles. The van der Waals surface area contributed by atoms with E-state index in [2.05, 4.69) is 107 Å². The van der Waals surface area contributed by atoms with E-state index in [-0.39, 0.29) is 0 Å². The van der Waals surface area contributed by atoms with E-state index in [1.54, 1.807) is 0 Å². The third-order valence-corrected chi connectivity index (χ3v) is 5.41. The van der Waals surface area contributed by atoms with Gasteiger partial charge >= 0.3 is 0 Å². The maximum Gasteiger partial charge on any atom is 0.0175 e. The number of hydrogen-bond acceptors (Lipinski definition) is 0. The minimum Gasteiger partial charge on any atom is -0.0725 e. The summed E-state index contributed by atoms with van der Waals surface area (Å²) in [5.41, 5.74) is 5.61. The molecule has 0 unspecified atom stereocenters. The maximum atomic E-state index is 3.53. The van der Waals surface area contributed by atoms with Crippen molar-refractivity contribution in [2.75, 3.05) is 0 Å². The first kappa shape index (κ1) is 15.4. The molecule has 0 radical (unpaired) electrons. The van der Waals surface area contributed by atoms with Gasteiger partial charge in [-0.1, -0.05) is 94.8 Å². The van der Waals surface area contributed by atoms with Crippen LogP contribution in [0.1, 0.15) is 34.9 Å². The summed E-state index contributed by atoms with van der Waals surface area (Å²) < 4.78 is 1.13. The number of rotatable bonds is 3. The Bertz CT molecular complexity index is 832. The number of hydrogen-bond donors (Lipinski definition) is 0. The SMILES string of the molecule is Brc1ccc(C2=C[C@@H](c3ccccc3)[C@H](c3ccccc3)C2)cc1. The standard InChI is InChI=1S/C23H19Br/c24-21-13-11-17(12-14-21)20-15-22(18-7-3-1-4-8-18)23(16-20)19-9-5-2-6-10-19/h1-15,22-23H,16H2/t22-,23-/m0/s1. The van der Waals surface area contributed by atoms with Crippen molar-refractivity contribution < 1.29 is 0 Å². The molecule has 4 rings (SSSR count). The molecule has 0 heterocycles. The van der Waals surface area contributed by atoms with Crippen molar-refractivity contribution in [1.82, 2.24) is 0 Å². The molecule has 0 amide bonds. The van der Waals surface area contributed by atoms with Crippen molar-refractivity contribution in [1.29, 1.82) is 0 Å². The minimum atomic E-state index is 0.437. The maximum absolute atomic E-state index is 3.53. The van der Waals surface area contributed by atoms with Gasteiger partial charge in [-0.15, -0.1) is 0 Å². The molecule has 3 aromatic rings. The van der Waals surface area contributed by atoms with E-state index in [0.29, 0.717) is 11.8 Å². The Morgan fingerprint density at radius 1 is 0.667 bits per heavy atom. The zero-order chi connectivity index (χ0) is 16.4. The van der Waals surface area contributed by atoms with Crippen molar-refractivity contribution in [3.05, 3.63) is 112 Å². The van der Waals surface area contributed by atoms with Crippen LogP contribution in [0.25, 0.3) is 5.57 Å². The van der Waals surface area contributed by atoms with Gasteiger partial charge < -0.3 is 0 Å². The van der Waals surface area contributed by atoms with Gasteiger partial charge in [0.25, 0.3) is 0 Å². The first-order valence-corrected chi connectivity index (χ1v) is 9.17. The quantitative estimate of drug-likeness (QED) is 0.472. The Balaban J connectivity index is 1.74. The molecular formula is C23H19Br. The molecule has 24 heavy (non-hydrogen) atoms. The normalized spacial score (nSPS) is 20.0. The van der Waals surface area contributed by atoms with E-state index >= 15 is 0 Å². The molecule has 0 N–H and O–H groups in total. The second kappa shape index (κ2) is 6.78. The second-order valence-corrected chi connectivity index (χ2v) is 7.27. The van der Waals surface area contributed by atoms with Gasteiger partial charge in [-0.05, 0) is 46.7 Å². The van der Waals surface area contributed by atoms with Gasteiger partial charge in [0.15, 0.2) is 0 Å².